The third kappa shape index (κ3) is 7.29. The van der Waals surface area contributed by atoms with Crippen molar-refractivity contribution < 1.29 is 13.2 Å². The van der Waals surface area contributed by atoms with Gasteiger partial charge < -0.3 is 10.1 Å². The highest BCUT2D eigenvalue weighted by atomic mass is 79.9. The van der Waals surface area contributed by atoms with E-state index in [1.54, 1.807) is 6.92 Å². The normalized spacial score (nSPS) is 12.4. The van der Waals surface area contributed by atoms with Crippen molar-refractivity contribution in [3.8, 4) is 5.75 Å². The first kappa shape index (κ1) is 18.5. The van der Waals surface area contributed by atoms with Gasteiger partial charge in [-0.2, -0.15) is 0 Å². The zero-order valence-electron chi connectivity index (χ0n) is 13.1. The van der Waals surface area contributed by atoms with Crippen LogP contribution in [0.3, 0.4) is 0 Å². The van der Waals surface area contributed by atoms with Crippen LogP contribution in [-0.2, 0) is 16.4 Å². The first-order valence-electron chi connectivity index (χ1n) is 6.99. The van der Waals surface area contributed by atoms with Gasteiger partial charge in [-0.1, -0.05) is 22.9 Å². The smallest absolute Gasteiger partial charge is 0.153 e. The average molecular weight is 378 g/mol. The lowest BCUT2D eigenvalue weighted by Gasteiger charge is -2.21. The summed E-state index contributed by atoms with van der Waals surface area (Å²) >= 11 is 3.52. The van der Waals surface area contributed by atoms with Gasteiger partial charge in [0.05, 0.1) is 5.75 Å². The summed E-state index contributed by atoms with van der Waals surface area (Å²) in [6, 6.07) is 5.69. The van der Waals surface area contributed by atoms with Crippen molar-refractivity contribution >= 4 is 25.8 Å². The van der Waals surface area contributed by atoms with E-state index >= 15 is 0 Å². The molecule has 0 bridgehead atoms. The van der Waals surface area contributed by atoms with E-state index in [0.717, 1.165) is 10.0 Å². The van der Waals surface area contributed by atoms with Crippen molar-refractivity contribution in [1.82, 2.24) is 5.32 Å². The SMILES string of the molecule is CCS(=O)(=O)CCOc1ccc(Br)c(CNC(C)(C)C)c1. The van der Waals surface area contributed by atoms with E-state index in [-0.39, 0.29) is 23.7 Å². The van der Waals surface area contributed by atoms with E-state index < -0.39 is 9.84 Å². The molecule has 1 aromatic rings. The van der Waals surface area contributed by atoms with Gasteiger partial charge in [-0.25, -0.2) is 8.42 Å². The maximum atomic E-state index is 11.4. The topological polar surface area (TPSA) is 55.4 Å². The first-order valence-corrected chi connectivity index (χ1v) is 9.61. The minimum absolute atomic E-state index is 0.0332. The predicted octanol–water partition coefficient (Wildman–Crippen LogP) is 3.15. The van der Waals surface area contributed by atoms with Gasteiger partial charge in [0.25, 0.3) is 0 Å². The van der Waals surface area contributed by atoms with E-state index in [0.29, 0.717) is 12.3 Å². The second-order valence-corrected chi connectivity index (χ2v) is 9.27. The Bertz CT molecular complexity index is 565. The summed E-state index contributed by atoms with van der Waals surface area (Å²) in [4.78, 5) is 0. The van der Waals surface area contributed by atoms with Crippen LogP contribution < -0.4 is 10.1 Å². The fourth-order valence-electron chi connectivity index (χ4n) is 1.57. The molecule has 4 nitrogen and oxygen atoms in total. The number of nitrogens with one attached hydrogen (secondary N) is 1. The van der Waals surface area contributed by atoms with Crippen LogP contribution in [0.25, 0.3) is 0 Å². The molecule has 0 fully saturated rings. The highest BCUT2D eigenvalue weighted by molar-refractivity contribution is 9.10. The average Bonchev–Trinajstić information content (AvgIpc) is 2.38. The quantitative estimate of drug-likeness (QED) is 0.792. The van der Waals surface area contributed by atoms with Crippen LogP contribution >= 0.6 is 15.9 Å². The maximum absolute atomic E-state index is 11.4. The van der Waals surface area contributed by atoms with Crippen molar-refractivity contribution in [2.45, 2.75) is 39.8 Å². The molecule has 0 spiro atoms. The number of rotatable bonds is 7. The number of sulfone groups is 1. The molecule has 0 aliphatic rings. The van der Waals surface area contributed by atoms with Crippen LogP contribution in [0, 0.1) is 0 Å². The molecule has 0 aliphatic heterocycles. The second-order valence-electron chi connectivity index (χ2n) is 5.94. The van der Waals surface area contributed by atoms with Gasteiger partial charge in [-0.15, -0.1) is 0 Å². The number of hydrogen-bond acceptors (Lipinski definition) is 4. The van der Waals surface area contributed by atoms with Crippen molar-refractivity contribution in [3.05, 3.63) is 28.2 Å². The van der Waals surface area contributed by atoms with Crippen molar-refractivity contribution in [2.75, 3.05) is 18.1 Å². The van der Waals surface area contributed by atoms with Crippen molar-refractivity contribution in [3.63, 3.8) is 0 Å². The van der Waals surface area contributed by atoms with Crippen LogP contribution in [0.5, 0.6) is 5.75 Å². The van der Waals surface area contributed by atoms with Gasteiger partial charge in [0.1, 0.15) is 12.4 Å². The van der Waals surface area contributed by atoms with E-state index in [2.05, 4.69) is 42.0 Å². The monoisotopic (exact) mass is 377 g/mol. The Balaban J connectivity index is 2.65. The van der Waals surface area contributed by atoms with Crippen LogP contribution in [0.4, 0.5) is 0 Å². The Hall–Kier alpha value is -0.590. The van der Waals surface area contributed by atoms with Gasteiger partial charge in [-0.3, -0.25) is 0 Å². The van der Waals surface area contributed by atoms with Crippen molar-refractivity contribution in [1.29, 1.82) is 0 Å². The Morgan fingerprint density at radius 3 is 2.52 bits per heavy atom. The summed E-state index contributed by atoms with van der Waals surface area (Å²) < 4.78 is 29.4. The lowest BCUT2D eigenvalue weighted by Crippen LogP contribution is -2.35. The summed E-state index contributed by atoms with van der Waals surface area (Å²) in [5.41, 5.74) is 1.12. The summed E-state index contributed by atoms with van der Waals surface area (Å²) in [5.74, 6) is 0.891. The molecule has 0 saturated carbocycles. The highest BCUT2D eigenvalue weighted by Gasteiger charge is 2.11. The molecule has 1 rings (SSSR count). The molecule has 0 radical (unpaired) electrons. The Kier molecular flexibility index (Phi) is 6.69. The molecule has 1 aromatic carbocycles. The van der Waals surface area contributed by atoms with E-state index in [4.69, 9.17) is 4.74 Å². The molecule has 1 N–H and O–H groups in total. The standard InChI is InChI=1S/C15H24BrNO3S/c1-5-21(18,19)9-8-20-13-6-7-14(16)12(10-13)11-17-15(2,3)4/h6-7,10,17H,5,8-9,11H2,1-4H3. The van der Waals surface area contributed by atoms with Crippen LogP contribution in [0.2, 0.25) is 0 Å². The lowest BCUT2D eigenvalue weighted by atomic mass is 10.1. The zero-order valence-corrected chi connectivity index (χ0v) is 15.5. The molecule has 0 aromatic heterocycles. The van der Waals surface area contributed by atoms with Gasteiger partial charge >= 0.3 is 0 Å². The maximum Gasteiger partial charge on any atom is 0.153 e. The summed E-state index contributed by atoms with van der Waals surface area (Å²) in [5, 5.41) is 3.41. The van der Waals surface area contributed by atoms with Crippen LogP contribution in [0.1, 0.15) is 33.3 Å². The Morgan fingerprint density at radius 2 is 1.95 bits per heavy atom. The van der Waals surface area contributed by atoms with Gasteiger partial charge in [-0.05, 0) is 44.5 Å². The van der Waals surface area contributed by atoms with E-state index in [1.807, 2.05) is 18.2 Å². The number of benzene rings is 1. The number of ether oxygens (including phenoxy) is 1. The minimum atomic E-state index is -2.98. The molecule has 21 heavy (non-hydrogen) atoms. The Labute approximate surface area is 136 Å². The predicted molar refractivity (Wildman–Crippen MR) is 90.6 cm³/mol. The summed E-state index contributed by atoms with van der Waals surface area (Å²) in [6.07, 6.45) is 0. The van der Waals surface area contributed by atoms with Crippen molar-refractivity contribution in [2.24, 2.45) is 0 Å². The molecule has 120 valence electrons. The molecular formula is C15H24BrNO3S. The van der Waals surface area contributed by atoms with Crippen LogP contribution in [-0.4, -0.2) is 32.1 Å². The van der Waals surface area contributed by atoms with Gasteiger partial charge in [0.2, 0.25) is 0 Å². The second kappa shape index (κ2) is 7.61. The van der Waals surface area contributed by atoms with E-state index in [1.165, 1.54) is 0 Å². The molecule has 0 saturated heterocycles. The molecule has 0 atom stereocenters. The fourth-order valence-corrected chi connectivity index (χ4v) is 2.58. The molecule has 0 unspecified atom stereocenters. The third-order valence-electron chi connectivity index (χ3n) is 2.93. The van der Waals surface area contributed by atoms with E-state index in [9.17, 15) is 8.42 Å². The molecule has 0 heterocycles. The fraction of sp³-hybridized carbons (Fsp3) is 0.600. The molecule has 6 heteroatoms. The zero-order chi connectivity index (χ0) is 16.1. The summed E-state index contributed by atoms with van der Waals surface area (Å²) in [6.45, 7) is 8.87. The minimum Gasteiger partial charge on any atom is -0.493 e. The highest BCUT2D eigenvalue weighted by Crippen LogP contribution is 2.23. The first-order chi connectivity index (χ1) is 9.63. The van der Waals surface area contributed by atoms with Crippen LogP contribution in [0.15, 0.2) is 22.7 Å². The largest absolute Gasteiger partial charge is 0.493 e. The number of hydrogen-bond donors (Lipinski definition) is 1. The molecular weight excluding hydrogens is 354 g/mol. The molecule has 0 amide bonds. The number of halogens is 1. The van der Waals surface area contributed by atoms with Gasteiger partial charge in [0.15, 0.2) is 9.84 Å². The lowest BCUT2D eigenvalue weighted by molar-refractivity contribution is 0.340. The Morgan fingerprint density at radius 1 is 1.29 bits per heavy atom. The summed E-state index contributed by atoms with van der Waals surface area (Å²) in [7, 11) is -2.98. The molecule has 0 aliphatic carbocycles. The third-order valence-corrected chi connectivity index (χ3v) is 5.37. The van der Waals surface area contributed by atoms with Gasteiger partial charge in [0, 0.05) is 22.3 Å².